The molecule has 4 rings (SSSR count). The topological polar surface area (TPSA) is 80.7 Å². The van der Waals surface area contributed by atoms with E-state index in [9.17, 15) is 9.18 Å². The van der Waals surface area contributed by atoms with Crippen LogP contribution in [-0.2, 0) is 9.47 Å². The molecule has 0 atom stereocenters. The largest absolute Gasteiger partial charge is 0.444 e. The van der Waals surface area contributed by atoms with Crippen LogP contribution in [-0.4, -0.2) is 70.9 Å². The van der Waals surface area contributed by atoms with Crippen molar-refractivity contribution in [2.24, 2.45) is 5.41 Å². The van der Waals surface area contributed by atoms with Crippen LogP contribution in [0.2, 0.25) is 10.4 Å². The summed E-state index contributed by atoms with van der Waals surface area (Å²) in [6.45, 7) is 8.53. The first-order valence-electron chi connectivity index (χ1n) is 9.55. The second-order valence-corrected chi connectivity index (χ2v) is 9.45. The summed E-state index contributed by atoms with van der Waals surface area (Å²) in [5, 5.41) is 0.0643. The molecule has 2 fully saturated rings. The van der Waals surface area contributed by atoms with Crippen LogP contribution in [0.3, 0.4) is 0 Å². The van der Waals surface area contributed by atoms with Crippen molar-refractivity contribution in [1.82, 2.24) is 19.9 Å². The second kappa shape index (κ2) is 7.62. The number of carbonyl (C=O) groups excluding carboxylic acids is 1. The molecule has 162 valence electrons. The lowest BCUT2D eigenvalue weighted by atomic mass is 9.80. The van der Waals surface area contributed by atoms with Gasteiger partial charge < -0.3 is 19.3 Å². The molecule has 30 heavy (non-hydrogen) atoms. The van der Waals surface area contributed by atoms with E-state index in [0.717, 1.165) is 0 Å². The van der Waals surface area contributed by atoms with Gasteiger partial charge in [-0.2, -0.15) is 4.98 Å². The van der Waals surface area contributed by atoms with Crippen molar-refractivity contribution in [2.75, 3.05) is 44.3 Å². The van der Waals surface area contributed by atoms with E-state index in [4.69, 9.17) is 32.7 Å². The SMILES string of the molecule is CC(C)(C)OC(=O)N1CC2(COCCN(c3nc(Cl)nc4c(F)c(Cl)ncc34)C2)C1. The van der Waals surface area contributed by atoms with Gasteiger partial charge in [0.2, 0.25) is 5.28 Å². The highest BCUT2D eigenvalue weighted by atomic mass is 35.5. The van der Waals surface area contributed by atoms with Crippen molar-refractivity contribution in [1.29, 1.82) is 0 Å². The predicted molar refractivity (Wildman–Crippen MR) is 111 cm³/mol. The number of ether oxygens (including phenoxy) is 2. The van der Waals surface area contributed by atoms with Crippen molar-refractivity contribution in [3.05, 3.63) is 22.5 Å². The molecule has 2 saturated heterocycles. The Bertz CT molecular complexity index is 994. The average Bonchev–Trinajstić information content (AvgIpc) is 2.85. The zero-order valence-corrected chi connectivity index (χ0v) is 18.4. The van der Waals surface area contributed by atoms with Crippen LogP contribution in [0.1, 0.15) is 20.8 Å². The molecular weight excluding hydrogens is 436 g/mol. The summed E-state index contributed by atoms with van der Waals surface area (Å²) < 4.78 is 25.7. The van der Waals surface area contributed by atoms with Crippen LogP contribution in [0.4, 0.5) is 15.0 Å². The molecule has 11 heteroatoms. The molecule has 2 aromatic heterocycles. The lowest BCUT2D eigenvalue weighted by Crippen LogP contribution is -2.64. The van der Waals surface area contributed by atoms with Gasteiger partial charge in [-0.05, 0) is 32.4 Å². The molecule has 2 aliphatic rings. The van der Waals surface area contributed by atoms with Crippen molar-refractivity contribution in [3.63, 3.8) is 0 Å². The van der Waals surface area contributed by atoms with Crippen molar-refractivity contribution in [2.45, 2.75) is 26.4 Å². The smallest absolute Gasteiger partial charge is 0.410 e. The Hall–Kier alpha value is -1.97. The summed E-state index contributed by atoms with van der Waals surface area (Å²) in [7, 11) is 0. The highest BCUT2D eigenvalue weighted by Crippen LogP contribution is 2.37. The number of nitrogens with zero attached hydrogens (tertiary/aromatic N) is 5. The molecule has 1 spiro atoms. The van der Waals surface area contributed by atoms with Gasteiger partial charge in [0.25, 0.3) is 0 Å². The van der Waals surface area contributed by atoms with Gasteiger partial charge in [0, 0.05) is 37.8 Å². The molecule has 0 saturated carbocycles. The van der Waals surface area contributed by atoms with Crippen molar-refractivity contribution < 1.29 is 18.7 Å². The molecule has 4 heterocycles. The number of halogens is 3. The molecule has 0 radical (unpaired) electrons. The average molecular weight is 458 g/mol. The van der Waals surface area contributed by atoms with Gasteiger partial charge in [-0.25, -0.2) is 19.2 Å². The summed E-state index contributed by atoms with van der Waals surface area (Å²) >= 11 is 11.9. The number of likely N-dealkylation sites (tertiary alicyclic amines) is 1. The molecule has 8 nitrogen and oxygen atoms in total. The molecule has 0 unspecified atom stereocenters. The second-order valence-electron chi connectivity index (χ2n) is 8.75. The number of anilines is 1. The maximum atomic E-state index is 14.5. The van der Waals surface area contributed by atoms with Crippen molar-refractivity contribution in [3.8, 4) is 0 Å². The third kappa shape index (κ3) is 4.10. The molecule has 1 amide bonds. The first-order valence-corrected chi connectivity index (χ1v) is 10.3. The molecule has 0 aliphatic carbocycles. The summed E-state index contributed by atoms with van der Waals surface area (Å²) in [4.78, 5) is 28.2. The maximum Gasteiger partial charge on any atom is 0.410 e. The van der Waals surface area contributed by atoms with Crippen LogP contribution in [0.25, 0.3) is 10.9 Å². The van der Waals surface area contributed by atoms with E-state index in [1.807, 2.05) is 25.7 Å². The van der Waals surface area contributed by atoms with E-state index >= 15 is 0 Å². The van der Waals surface area contributed by atoms with E-state index < -0.39 is 11.4 Å². The highest BCUT2D eigenvalue weighted by molar-refractivity contribution is 6.30. The highest BCUT2D eigenvalue weighted by Gasteiger charge is 2.49. The Morgan fingerprint density at radius 2 is 2.00 bits per heavy atom. The Balaban J connectivity index is 1.59. The van der Waals surface area contributed by atoms with E-state index in [1.54, 1.807) is 4.90 Å². The Morgan fingerprint density at radius 1 is 1.27 bits per heavy atom. The van der Waals surface area contributed by atoms with Crippen LogP contribution < -0.4 is 4.90 Å². The first-order chi connectivity index (χ1) is 14.1. The third-order valence-corrected chi connectivity index (χ3v) is 5.47. The minimum absolute atomic E-state index is 0.0215. The Morgan fingerprint density at radius 3 is 2.70 bits per heavy atom. The van der Waals surface area contributed by atoms with E-state index in [-0.39, 0.29) is 27.5 Å². The number of fused-ring (bicyclic) bond motifs is 1. The van der Waals surface area contributed by atoms with Gasteiger partial charge >= 0.3 is 6.09 Å². The number of aromatic nitrogens is 3. The normalized spacial score (nSPS) is 19.0. The van der Waals surface area contributed by atoms with Gasteiger partial charge in [-0.3, -0.25) is 0 Å². The standard InChI is InChI=1S/C19H22Cl2FN5O3/c1-18(2,3)30-17(28)27-8-19(9-27)7-26(4-5-29-10-19)15-11-6-23-14(20)12(22)13(11)24-16(21)25-15/h6H,4-5,7-10H2,1-3H3. The first kappa shape index (κ1) is 21.3. The van der Waals surface area contributed by atoms with Crippen LogP contribution in [0.15, 0.2) is 6.20 Å². The van der Waals surface area contributed by atoms with E-state index in [1.165, 1.54) is 6.20 Å². The fraction of sp³-hybridized carbons (Fsp3) is 0.579. The number of pyridine rings is 1. The van der Waals surface area contributed by atoms with E-state index in [2.05, 4.69) is 15.0 Å². The number of amides is 1. The summed E-state index contributed by atoms with van der Waals surface area (Å²) in [5.74, 6) is -0.270. The van der Waals surface area contributed by atoms with Crippen molar-refractivity contribution >= 4 is 46.0 Å². The van der Waals surface area contributed by atoms with Crippen LogP contribution in [0, 0.1) is 11.2 Å². The minimum Gasteiger partial charge on any atom is -0.444 e. The molecule has 2 aromatic rings. The Labute approximate surface area is 183 Å². The quantitative estimate of drug-likeness (QED) is 0.478. The zero-order valence-electron chi connectivity index (χ0n) is 16.9. The van der Waals surface area contributed by atoms with Crippen LogP contribution in [0.5, 0.6) is 0 Å². The number of rotatable bonds is 1. The zero-order chi connectivity index (χ0) is 21.7. The molecular formula is C19H22Cl2FN5O3. The summed E-state index contributed by atoms with van der Waals surface area (Å²) in [6, 6.07) is 0. The fourth-order valence-electron chi connectivity index (χ4n) is 3.82. The number of hydrogen-bond acceptors (Lipinski definition) is 7. The Kier molecular flexibility index (Phi) is 5.40. The van der Waals surface area contributed by atoms with Gasteiger partial charge in [0.1, 0.15) is 16.9 Å². The molecule has 0 N–H and O–H groups in total. The van der Waals surface area contributed by atoms with Gasteiger partial charge in [0.15, 0.2) is 11.0 Å². The molecule has 0 bridgehead atoms. The van der Waals surface area contributed by atoms with Gasteiger partial charge in [-0.1, -0.05) is 11.6 Å². The number of carbonyl (C=O) groups is 1. The third-order valence-electron chi connectivity index (χ3n) is 5.04. The monoisotopic (exact) mass is 457 g/mol. The van der Waals surface area contributed by atoms with Gasteiger partial charge in [-0.15, -0.1) is 0 Å². The summed E-state index contributed by atoms with van der Waals surface area (Å²) in [5.41, 5.74) is -0.815. The minimum atomic E-state index is -0.736. The fourth-order valence-corrected chi connectivity index (χ4v) is 4.12. The van der Waals surface area contributed by atoms with E-state index in [0.29, 0.717) is 50.6 Å². The van der Waals surface area contributed by atoms with Crippen LogP contribution >= 0.6 is 23.2 Å². The van der Waals surface area contributed by atoms with Gasteiger partial charge in [0.05, 0.1) is 18.6 Å². The molecule has 2 aliphatic heterocycles. The maximum absolute atomic E-state index is 14.5. The number of hydrogen-bond donors (Lipinski definition) is 0. The lowest BCUT2D eigenvalue weighted by Gasteiger charge is -2.50. The molecule has 0 aromatic carbocycles. The summed E-state index contributed by atoms with van der Waals surface area (Å²) in [6.07, 6.45) is 1.10. The predicted octanol–water partition coefficient (Wildman–Crippen LogP) is 3.54. The lowest BCUT2D eigenvalue weighted by molar-refractivity contribution is -0.0595.